The highest BCUT2D eigenvalue weighted by Gasteiger charge is 2.20. The predicted octanol–water partition coefficient (Wildman–Crippen LogP) is 5.25. The lowest BCUT2D eigenvalue weighted by molar-refractivity contribution is -0.140. The number of benzene rings is 2. The molecule has 1 saturated heterocycles. The Morgan fingerprint density at radius 3 is 2.29 bits per heavy atom. The number of nitrogens with zero attached hydrogens (tertiary/aromatic N) is 2. The van der Waals surface area contributed by atoms with Gasteiger partial charge in [0.25, 0.3) is 0 Å². The van der Waals surface area contributed by atoms with E-state index < -0.39 is 12.0 Å². The largest absolute Gasteiger partial charge is 0.480 e. The monoisotopic (exact) mass is 414 g/mol. The normalized spacial score (nSPS) is 16.5. The number of carbonyl (C=O) groups is 1. The smallest absolute Gasteiger partial charge is 0.327 e. The lowest BCUT2D eigenvalue weighted by Crippen LogP contribution is -2.32. The van der Waals surface area contributed by atoms with Gasteiger partial charge >= 0.3 is 5.97 Å². The number of piperidine rings is 1. The number of hydrogen-bond donors (Lipinski definition) is 1. The van der Waals surface area contributed by atoms with Crippen molar-refractivity contribution < 1.29 is 9.90 Å². The molecule has 4 heteroatoms. The van der Waals surface area contributed by atoms with Gasteiger partial charge in [-0.05, 0) is 60.7 Å². The molecule has 0 amide bonds. The zero-order chi connectivity index (χ0) is 21.5. The summed E-state index contributed by atoms with van der Waals surface area (Å²) in [5.74, 6) is -0.119. The second-order valence-electron chi connectivity index (χ2n) is 8.32. The molecule has 0 spiro atoms. The predicted molar refractivity (Wildman–Crippen MR) is 125 cm³/mol. The summed E-state index contributed by atoms with van der Waals surface area (Å²) in [6.45, 7) is 3.25. The maximum absolute atomic E-state index is 11.6. The van der Waals surface area contributed by atoms with Crippen LogP contribution in [0.15, 0.2) is 85.2 Å². The van der Waals surface area contributed by atoms with Gasteiger partial charge < -0.3 is 9.67 Å². The Bertz CT molecular complexity index is 970. The number of aromatic nitrogens is 1. The van der Waals surface area contributed by atoms with E-state index in [9.17, 15) is 9.90 Å². The molecule has 160 valence electrons. The zero-order valence-electron chi connectivity index (χ0n) is 17.8. The fourth-order valence-corrected chi connectivity index (χ4v) is 4.38. The summed E-state index contributed by atoms with van der Waals surface area (Å²) >= 11 is 0. The number of rotatable bonds is 8. The van der Waals surface area contributed by atoms with Gasteiger partial charge in [-0.2, -0.15) is 0 Å². The third-order valence-corrected chi connectivity index (χ3v) is 6.21. The van der Waals surface area contributed by atoms with E-state index in [0.717, 1.165) is 30.8 Å². The van der Waals surface area contributed by atoms with Crippen LogP contribution in [0.3, 0.4) is 0 Å². The molecular weight excluding hydrogens is 384 g/mol. The third-order valence-electron chi connectivity index (χ3n) is 6.21. The number of aliphatic carboxylic acids is 1. The highest BCUT2D eigenvalue weighted by molar-refractivity contribution is 5.72. The lowest BCUT2D eigenvalue weighted by atomic mass is 9.89. The van der Waals surface area contributed by atoms with Crippen molar-refractivity contribution in [3.8, 4) is 0 Å². The number of likely N-dealkylation sites (tertiary alicyclic amines) is 1. The van der Waals surface area contributed by atoms with Gasteiger partial charge in [0.1, 0.15) is 6.04 Å². The molecule has 2 aromatic carbocycles. The topological polar surface area (TPSA) is 45.5 Å². The molecule has 31 heavy (non-hydrogen) atoms. The van der Waals surface area contributed by atoms with Gasteiger partial charge in [-0.1, -0.05) is 66.7 Å². The molecule has 1 aliphatic rings. The van der Waals surface area contributed by atoms with Crippen LogP contribution in [0.1, 0.15) is 41.5 Å². The van der Waals surface area contributed by atoms with Crippen LogP contribution in [-0.2, 0) is 11.2 Å². The van der Waals surface area contributed by atoms with E-state index in [1.807, 2.05) is 24.3 Å². The summed E-state index contributed by atoms with van der Waals surface area (Å²) in [6, 6.07) is 22.2. The van der Waals surface area contributed by atoms with Crippen molar-refractivity contribution in [3.05, 3.63) is 102 Å². The average Bonchev–Trinajstić information content (AvgIpc) is 3.34. The molecular formula is C27H30N2O2. The fraction of sp³-hybridized carbons (Fsp3) is 0.296. The van der Waals surface area contributed by atoms with E-state index in [1.165, 1.54) is 18.4 Å². The van der Waals surface area contributed by atoms with Crippen molar-refractivity contribution in [1.29, 1.82) is 0 Å². The van der Waals surface area contributed by atoms with Crippen molar-refractivity contribution >= 4 is 12.0 Å². The Morgan fingerprint density at radius 1 is 0.968 bits per heavy atom. The number of hydrogen-bond acceptors (Lipinski definition) is 2. The molecule has 4 rings (SSSR count). The van der Waals surface area contributed by atoms with Gasteiger partial charge in [-0.15, -0.1) is 0 Å². The molecule has 1 fully saturated rings. The van der Waals surface area contributed by atoms with Crippen LogP contribution in [0, 0.1) is 0 Å². The van der Waals surface area contributed by atoms with Crippen molar-refractivity contribution in [3.63, 3.8) is 0 Å². The Labute approximate surface area is 184 Å². The zero-order valence-corrected chi connectivity index (χ0v) is 17.8. The summed E-state index contributed by atoms with van der Waals surface area (Å²) < 4.78 is 1.75. The summed E-state index contributed by atoms with van der Waals surface area (Å²) in [7, 11) is 0. The minimum absolute atomic E-state index is 0.477. The van der Waals surface area contributed by atoms with Crippen molar-refractivity contribution in [1.82, 2.24) is 9.47 Å². The second-order valence-corrected chi connectivity index (χ2v) is 8.32. The van der Waals surface area contributed by atoms with Gasteiger partial charge in [0.05, 0.1) is 0 Å². The van der Waals surface area contributed by atoms with Gasteiger partial charge in [-0.3, -0.25) is 4.90 Å². The van der Waals surface area contributed by atoms with Crippen LogP contribution in [0.5, 0.6) is 0 Å². The average molecular weight is 415 g/mol. The van der Waals surface area contributed by atoms with Crippen LogP contribution in [0.25, 0.3) is 6.08 Å². The SMILES string of the molecule is O=C(O)C(Cc1ccc(C=CCN2CCC(c3ccccc3)CC2)cc1)n1cccc1. The standard InChI is InChI=1S/C27H30N2O2/c30-27(31)26(29-17-4-5-18-29)21-23-12-10-22(11-13-23)7-6-16-28-19-14-25(15-20-28)24-8-2-1-3-9-24/h1-13,17-18,25-26H,14-16,19-21H2,(H,30,31). The highest BCUT2D eigenvalue weighted by atomic mass is 16.4. The van der Waals surface area contributed by atoms with E-state index in [0.29, 0.717) is 12.3 Å². The van der Waals surface area contributed by atoms with Gasteiger partial charge in [0.15, 0.2) is 0 Å². The molecule has 1 unspecified atom stereocenters. The van der Waals surface area contributed by atoms with E-state index in [4.69, 9.17) is 0 Å². The van der Waals surface area contributed by atoms with Crippen LogP contribution < -0.4 is 0 Å². The summed E-state index contributed by atoms with van der Waals surface area (Å²) in [5.41, 5.74) is 3.65. The molecule has 1 aromatic heterocycles. The molecule has 2 heterocycles. The van der Waals surface area contributed by atoms with E-state index in [1.54, 1.807) is 17.0 Å². The van der Waals surface area contributed by atoms with E-state index in [2.05, 4.69) is 59.5 Å². The maximum Gasteiger partial charge on any atom is 0.327 e. The Balaban J connectivity index is 1.26. The minimum atomic E-state index is -0.809. The van der Waals surface area contributed by atoms with Crippen molar-refractivity contribution in [2.75, 3.05) is 19.6 Å². The molecule has 3 aromatic rings. The van der Waals surface area contributed by atoms with Crippen LogP contribution in [0.4, 0.5) is 0 Å². The summed E-state index contributed by atoms with van der Waals surface area (Å²) in [5, 5.41) is 9.55. The Hall–Kier alpha value is -3.11. The van der Waals surface area contributed by atoms with Gasteiger partial charge in [-0.25, -0.2) is 4.79 Å². The number of carboxylic acids is 1. The van der Waals surface area contributed by atoms with Crippen LogP contribution >= 0.6 is 0 Å². The molecule has 0 radical (unpaired) electrons. The minimum Gasteiger partial charge on any atom is -0.480 e. The molecule has 4 nitrogen and oxygen atoms in total. The highest BCUT2D eigenvalue weighted by Crippen LogP contribution is 2.27. The van der Waals surface area contributed by atoms with E-state index in [-0.39, 0.29) is 0 Å². The fourth-order valence-electron chi connectivity index (χ4n) is 4.38. The lowest BCUT2D eigenvalue weighted by Gasteiger charge is -2.31. The molecule has 1 atom stereocenters. The molecule has 0 bridgehead atoms. The first-order valence-corrected chi connectivity index (χ1v) is 11.1. The van der Waals surface area contributed by atoms with Crippen LogP contribution in [-0.4, -0.2) is 40.2 Å². The van der Waals surface area contributed by atoms with Crippen molar-refractivity contribution in [2.24, 2.45) is 0 Å². The number of carboxylic acid groups (broad SMARTS) is 1. The van der Waals surface area contributed by atoms with Crippen molar-refractivity contribution in [2.45, 2.75) is 31.2 Å². The second kappa shape index (κ2) is 10.3. The molecule has 1 N–H and O–H groups in total. The summed E-state index contributed by atoms with van der Waals surface area (Å²) in [6.07, 6.45) is 10.9. The molecule has 0 aliphatic carbocycles. The van der Waals surface area contributed by atoms with Crippen LogP contribution in [0.2, 0.25) is 0 Å². The summed E-state index contributed by atoms with van der Waals surface area (Å²) in [4.78, 5) is 14.1. The first-order valence-electron chi connectivity index (χ1n) is 11.1. The first kappa shape index (κ1) is 21.1. The quantitative estimate of drug-likeness (QED) is 0.548. The van der Waals surface area contributed by atoms with Gasteiger partial charge in [0.2, 0.25) is 0 Å². The first-order chi connectivity index (χ1) is 15.2. The maximum atomic E-state index is 11.6. The molecule has 1 aliphatic heterocycles. The molecule has 0 saturated carbocycles. The van der Waals surface area contributed by atoms with Gasteiger partial charge in [0, 0.05) is 25.4 Å². The Kier molecular flexibility index (Phi) is 7.00. The Morgan fingerprint density at radius 2 is 1.65 bits per heavy atom. The van der Waals surface area contributed by atoms with E-state index >= 15 is 0 Å². The third kappa shape index (κ3) is 5.74.